The van der Waals surface area contributed by atoms with Gasteiger partial charge in [0.05, 0.1) is 11.2 Å². The summed E-state index contributed by atoms with van der Waals surface area (Å²) in [7, 11) is 0. The number of aliphatic carboxylic acids is 1. The van der Waals surface area contributed by atoms with Gasteiger partial charge in [0.2, 0.25) is 5.76 Å². The molecule has 24 heavy (non-hydrogen) atoms. The number of aliphatic hydroxyl groups is 1. The van der Waals surface area contributed by atoms with Crippen molar-refractivity contribution in [2.24, 2.45) is 0 Å². The van der Waals surface area contributed by atoms with Gasteiger partial charge in [-0.05, 0) is 17.7 Å². The molecule has 0 saturated carbocycles. The van der Waals surface area contributed by atoms with Gasteiger partial charge >= 0.3 is 5.97 Å². The summed E-state index contributed by atoms with van der Waals surface area (Å²) in [6.45, 7) is 0.378. The number of carbonyl (C=O) groups is 1. The zero-order valence-corrected chi connectivity index (χ0v) is 12.7. The van der Waals surface area contributed by atoms with Crippen molar-refractivity contribution < 1.29 is 19.7 Å². The fraction of sp³-hybridized carbons (Fsp3) is 0.0526. The van der Waals surface area contributed by atoms with Crippen molar-refractivity contribution in [2.45, 2.75) is 6.61 Å². The first kappa shape index (κ1) is 15.6. The lowest BCUT2D eigenvalue weighted by Crippen LogP contribution is -2.00. The number of carboxylic acid groups (broad SMARTS) is 1. The largest absolute Gasteiger partial charge is 0.502 e. The molecule has 0 bridgehead atoms. The predicted molar refractivity (Wildman–Crippen MR) is 90.8 cm³/mol. The molecule has 0 saturated heterocycles. The number of fused-ring (bicyclic) bond motifs is 1. The minimum atomic E-state index is -1.41. The summed E-state index contributed by atoms with van der Waals surface area (Å²) in [6, 6.07) is 18.7. The number of ether oxygens (including phenoxy) is 1. The third kappa shape index (κ3) is 3.52. The molecule has 0 atom stereocenters. The van der Waals surface area contributed by atoms with Crippen molar-refractivity contribution in [3.05, 3.63) is 77.7 Å². The number of carboxylic acids is 1. The summed E-state index contributed by atoms with van der Waals surface area (Å²) in [6.07, 6.45) is 1.10. The minimum absolute atomic E-state index is 0.316. The standard InChI is InChI=1S/C19H15NO4/c21-17(19(22)23)10-14-11-18(15-8-4-5-9-16(15)20-14)24-12-13-6-2-1-3-7-13/h1-11,21H,12H2,(H,22,23)/b17-10-. The van der Waals surface area contributed by atoms with Crippen LogP contribution in [-0.4, -0.2) is 21.2 Å². The summed E-state index contributed by atoms with van der Waals surface area (Å²) in [5.74, 6) is -1.60. The van der Waals surface area contributed by atoms with Gasteiger partial charge in [-0.1, -0.05) is 42.5 Å². The van der Waals surface area contributed by atoms with E-state index in [1.807, 2.05) is 48.5 Å². The lowest BCUT2D eigenvalue weighted by molar-refractivity contribution is -0.135. The third-order valence-electron chi connectivity index (χ3n) is 3.44. The van der Waals surface area contributed by atoms with Gasteiger partial charge in [0, 0.05) is 17.5 Å². The summed E-state index contributed by atoms with van der Waals surface area (Å²) in [4.78, 5) is 15.1. The molecular weight excluding hydrogens is 306 g/mol. The van der Waals surface area contributed by atoms with Crippen LogP contribution in [0.5, 0.6) is 5.75 Å². The maximum atomic E-state index is 10.8. The molecule has 0 fully saturated rings. The average Bonchev–Trinajstić information content (AvgIpc) is 2.60. The molecule has 0 amide bonds. The summed E-state index contributed by atoms with van der Waals surface area (Å²) in [5.41, 5.74) is 1.99. The molecule has 0 spiro atoms. The number of nitrogens with zero attached hydrogens (tertiary/aromatic N) is 1. The molecular formula is C19H15NO4. The second-order valence-electron chi connectivity index (χ2n) is 5.17. The quantitative estimate of drug-likeness (QED) is 0.552. The number of para-hydroxylation sites is 1. The molecule has 1 heterocycles. The average molecular weight is 321 g/mol. The van der Waals surface area contributed by atoms with E-state index in [0.29, 0.717) is 23.6 Å². The van der Waals surface area contributed by atoms with Crippen LogP contribution in [0.15, 0.2) is 66.4 Å². The fourth-order valence-electron chi connectivity index (χ4n) is 2.29. The minimum Gasteiger partial charge on any atom is -0.502 e. The monoisotopic (exact) mass is 321 g/mol. The zero-order chi connectivity index (χ0) is 16.9. The molecule has 120 valence electrons. The maximum absolute atomic E-state index is 10.8. The first-order chi connectivity index (χ1) is 11.6. The van der Waals surface area contributed by atoms with E-state index in [2.05, 4.69) is 4.98 Å². The van der Waals surface area contributed by atoms with Crippen molar-refractivity contribution in [2.75, 3.05) is 0 Å². The topological polar surface area (TPSA) is 79.7 Å². The molecule has 0 unspecified atom stereocenters. The Morgan fingerprint density at radius 1 is 1.04 bits per heavy atom. The van der Waals surface area contributed by atoms with E-state index in [4.69, 9.17) is 9.84 Å². The van der Waals surface area contributed by atoms with Gasteiger partial charge in [0.15, 0.2) is 0 Å². The van der Waals surface area contributed by atoms with E-state index in [-0.39, 0.29) is 0 Å². The van der Waals surface area contributed by atoms with Gasteiger partial charge in [-0.2, -0.15) is 0 Å². The van der Waals surface area contributed by atoms with Crippen LogP contribution in [0.4, 0.5) is 0 Å². The van der Waals surface area contributed by atoms with Crippen LogP contribution in [0.3, 0.4) is 0 Å². The van der Waals surface area contributed by atoms with E-state index >= 15 is 0 Å². The van der Waals surface area contributed by atoms with Crippen molar-refractivity contribution >= 4 is 22.9 Å². The van der Waals surface area contributed by atoms with Crippen molar-refractivity contribution in [3.63, 3.8) is 0 Å². The van der Waals surface area contributed by atoms with E-state index in [1.165, 1.54) is 0 Å². The lowest BCUT2D eigenvalue weighted by atomic mass is 10.1. The Morgan fingerprint density at radius 2 is 1.75 bits per heavy atom. The molecule has 3 aromatic rings. The Bertz CT molecular complexity index is 904. The van der Waals surface area contributed by atoms with Gasteiger partial charge in [0.25, 0.3) is 0 Å². The molecule has 0 radical (unpaired) electrons. The number of aromatic nitrogens is 1. The molecule has 0 aliphatic heterocycles. The van der Waals surface area contributed by atoms with E-state index in [1.54, 1.807) is 12.1 Å². The Hall–Kier alpha value is -3.34. The number of pyridine rings is 1. The molecule has 0 aliphatic rings. The van der Waals surface area contributed by atoms with E-state index in [0.717, 1.165) is 17.0 Å². The van der Waals surface area contributed by atoms with E-state index < -0.39 is 11.7 Å². The number of rotatable bonds is 5. The highest BCUT2D eigenvalue weighted by atomic mass is 16.5. The number of hydrogen-bond donors (Lipinski definition) is 2. The second-order valence-corrected chi connectivity index (χ2v) is 5.17. The highest BCUT2D eigenvalue weighted by Gasteiger charge is 2.09. The van der Waals surface area contributed by atoms with Crippen LogP contribution in [-0.2, 0) is 11.4 Å². The number of hydrogen-bond acceptors (Lipinski definition) is 4. The number of benzene rings is 2. The van der Waals surface area contributed by atoms with Crippen LogP contribution >= 0.6 is 0 Å². The van der Waals surface area contributed by atoms with Crippen LogP contribution in [0.25, 0.3) is 17.0 Å². The molecule has 5 heteroatoms. The Kier molecular flexibility index (Phi) is 4.43. The first-order valence-electron chi connectivity index (χ1n) is 7.34. The third-order valence-corrected chi connectivity index (χ3v) is 3.44. The SMILES string of the molecule is O=C(O)/C(O)=C/c1cc(OCc2ccccc2)c2ccccc2n1. The highest BCUT2D eigenvalue weighted by molar-refractivity contribution is 5.91. The van der Waals surface area contributed by atoms with Crippen LogP contribution < -0.4 is 4.74 Å². The van der Waals surface area contributed by atoms with E-state index in [9.17, 15) is 9.90 Å². The van der Waals surface area contributed by atoms with Gasteiger partial charge in [-0.15, -0.1) is 0 Å². The molecule has 2 aromatic carbocycles. The Balaban J connectivity index is 1.98. The predicted octanol–water partition coefficient (Wildman–Crippen LogP) is 3.80. The maximum Gasteiger partial charge on any atom is 0.371 e. The van der Waals surface area contributed by atoms with Crippen LogP contribution in [0, 0.1) is 0 Å². The van der Waals surface area contributed by atoms with Crippen LogP contribution in [0.2, 0.25) is 0 Å². The molecule has 5 nitrogen and oxygen atoms in total. The van der Waals surface area contributed by atoms with Crippen LogP contribution in [0.1, 0.15) is 11.3 Å². The smallest absolute Gasteiger partial charge is 0.371 e. The second kappa shape index (κ2) is 6.83. The highest BCUT2D eigenvalue weighted by Crippen LogP contribution is 2.27. The Morgan fingerprint density at radius 3 is 2.50 bits per heavy atom. The molecule has 2 N–H and O–H groups in total. The van der Waals surface area contributed by atoms with Gasteiger partial charge in [0.1, 0.15) is 12.4 Å². The van der Waals surface area contributed by atoms with Gasteiger partial charge < -0.3 is 14.9 Å². The van der Waals surface area contributed by atoms with Crippen molar-refractivity contribution in [1.29, 1.82) is 0 Å². The Labute approximate surface area is 138 Å². The van der Waals surface area contributed by atoms with Crippen molar-refractivity contribution in [1.82, 2.24) is 4.98 Å². The molecule has 1 aromatic heterocycles. The zero-order valence-electron chi connectivity index (χ0n) is 12.7. The number of aliphatic hydroxyl groups excluding tert-OH is 1. The summed E-state index contributed by atoms with van der Waals surface area (Å²) < 4.78 is 5.89. The lowest BCUT2D eigenvalue weighted by Gasteiger charge is -2.10. The van der Waals surface area contributed by atoms with Gasteiger partial charge in [-0.3, -0.25) is 0 Å². The fourth-order valence-corrected chi connectivity index (χ4v) is 2.29. The summed E-state index contributed by atoms with van der Waals surface area (Å²) in [5, 5.41) is 19.1. The summed E-state index contributed by atoms with van der Waals surface area (Å²) >= 11 is 0. The van der Waals surface area contributed by atoms with Crippen molar-refractivity contribution in [3.8, 4) is 5.75 Å². The van der Waals surface area contributed by atoms with Gasteiger partial charge in [-0.25, -0.2) is 9.78 Å². The normalized spacial score (nSPS) is 11.4. The first-order valence-corrected chi connectivity index (χ1v) is 7.34. The molecule has 0 aliphatic carbocycles. The molecule has 3 rings (SSSR count).